The van der Waals surface area contributed by atoms with E-state index in [9.17, 15) is 0 Å². The van der Waals surface area contributed by atoms with Crippen LogP contribution in [-0.4, -0.2) is 12.7 Å². The van der Waals surface area contributed by atoms with E-state index in [-0.39, 0.29) is 11.6 Å². The maximum atomic E-state index is 6.10. The second kappa shape index (κ2) is 4.43. The van der Waals surface area contributed by atoms with E-state index in [1.165, 1.54) is 10.4 Å². The minimum atomic E-state index is -0.144. The van der Waals surface area contributed by atoms with Crippen molar-refractivity contribution in [2.75, 3.05) is 7.11 Å². The SMILES string of the molecule is COC(C)(C)CC(N)c1csc(C)c1. The van der Waals surface area contributed by atoms with E-state index in [2.05, 4.69) is 32.2 Å². The fourth-order valence-corrected chi connectivity index (χ4v) is 2.16. The molecule has 1 aromatic heterocycles. The van der Waals surface area contributed by atoms with Crippen molar-refractivity contribution in [2.24, 2.45) is 5.73 Å². The molecule has 1 heterocycles. The lowest BCUT2D eigenvalue weighted by atomic mass is 9.96. The predicted octanol–water partition coefficient (Wildman–Crippen LogP) is 2.87. The van der Waals surface area contributed by atoms with Crippen LogP contribution in [0, 0.1) is 6.92 Å². The third-order valence-electron chi connectivity index (χ3n) is 2.44. The maximum absolute atomic E-state index is 6.10. The zero-order chi connectivity index (χ0) is 10.8. The highest BCUT2D eigenvalue weighted by atomic mass is 32.1. The lowest BCUT2D eigenvalue weighted by Crippen LogP contribution is -2.28. The first-order chi connectivity index (χ1) is 6.44. The molecule has 0 bridgehead atoms. The molecule has 0 amide bonds. The minimum Gasteiger partial charge on any atom is -0.379 e. The van der Waals surface area contributed by atoms with Crippen molar-refractivity contribution in [3.05, 3.63) is 21.9 Å². The molecular weight excluding hydrogens is 194 g/mol. The Morgan fingerprint density at radius 3 is 2.64 bits per heavy atom. The summed E-state index contributed by atoms with van der Waals surface area (Å²) in [6, 6.07) is 2.23. The standard InChI is InChI=1S/C11H19NOS/c1-8-5-9(7-14-8)10(12)6-11(2,3)13-4/h5,7,10H,6,12H2,1-4H3. The Labute approximate surface area is 90.1 Å². The van der Waals surface area contributed by atoms with Crippen molar-refractivity contribution in [3.63, 3.8) is 0 Å². The molecule has 0 aromatic carbocycles. The monoisotopic (exact) mass is 213 g/mol. The first-order valence-corrected chi connectivity index (χ1v) is 5.68. The van der Waals surface area contributed by atoms with Gasteiger partial charge in [0, 0.05) is 18.0 Å². The molecule has 0 aliphatic rings. The van der Waals surface area contributed by atoms with Gasteiger partial charge in [-0.3, -0.25) is 0 Å². The van der Waals surface area contributed by atoms with Gasteiger partial charge in [-0.1, -0.05) is 0 Å². The summed E-state index contributed by atoms with van der Waals surface area (Å²) in [7, 11) is 1.73. The van der Waals surface area contributed by atoms with Crippen LogP contribution >= 0.6 is 11.3 Å². The van der Waals surface area contributed by atoms with Crippen molar-refractivity contribution in [2.45, 2.75) is 38.8 Å². The van der Waals surface area contributed by atoms with Crippen LogP contribution < -0.4 is 5.73 Å². The average Bonchev–Trinajstić information content (AvgIpc) is 2.51. The first kappa shape index (κ1) is 11.7. The molecule has 0 spiro atoms. The number of ether oxygens (including phenoxy) is 1. The smallest absolute Gasteiger partial charge is 0.0640 e. The van der Waals surface area contributed by atoms with E-state index in [4.69, 9.17) is 10.5 Å². The quantitative estimate of drug-likeness (QED) is 0.834. The Bertz CT molecular complexity index is 293. The van der Waals surface area contributed by atoms with E-state index in [0.717, 1.165) is 6.42 Å². The van der Waals surface area contributed by atoms with Crippen LogP contribution in [0.3, 0.4) is 0 Å². The third-order valence-corrected chi connectivity index (χ3v) is 3.32. The summed E-state index contributed by atoms with van der Waals surface area (Å²) in [5.74, 6) is 0. The van der Waals surface area contributed by atoms with Crippen LogP contribution in [0.5, 0.6) is 0 Å². The molecule has 1 rings (SSSR count). The summed E-state index contributed by atoms with van der Waals surface area (Å²) < 4.78 is 5.36. The Morgan fingerprint density at radius 2 is 2.21 bits per heavy atom. The zero-order valence-corrected chi connectivity index (χ0v) is 10.1. The summed E-state index contributed by atoms with van der Waals surface area (Å²) >= 11 is 1.75. The highest BCUT2D eigenvalue weighted by Crippen LogP contribution is 2.26. The predicted molar refractivity (Wildman–Crippen MR) is 61.7 cm³/mol. The lowest BCUT2D eigenvalue weighted by molar-refractivity contribution is 0.00998. The Hall–Kier alpha value is -0.380. The summed E-state index contributed by atoms with van der Waals surface area (Å²) in [5, 5.41) is 2.13. The molecule has 0 saturated heterocycles. The van der Waals surface area contributed by atoms with Gasteiger partial charge in [-0.05, 0) is 44.2 Å². The van der Waals surface area contributed by atoms with Gasteiger partial charge < -0.3 is 10.5 Å². The van der Waals surface area contributed by atoms with E-state index >= 15 is 0 Å². The minimum absolute atomic E-state index is 0.0786. The number of thiophene rings is 1. The lowest BCUT2D eigenvalue weighted by Gasteiger charge is -2.26. The molecule has 0 aliphatic heterocycles. The van der Waals surface area contributed by atoms with E-state index < -0.39 is 0 Å². The Kier molecular flexibility index (Phi) is 3.70. The van der Waals surface area contributed by atoms with Crippen LogP contribution in [0.15, 0.2) is 11.4 Å². The second-order valence-electron chi connectivity index (χ2n) is 4.27. The van der Waals surface area contributed by atoms with Crippen molar-refractivity contribution in [3.8, 4) is 0 Å². The van der Waals surface area contributed by atoms with Gasteiger partial charge in [-0.15, -0.1) is 11.3 Å². The van der Waals surface area contributed by atoms with Crippen LogP contribution in [0.4, 0.5) is 0 Å². The van der Waals surface area contributed by atoms with Gasteiger partial charge in [0.05, 0.1) is 5.60 Å². The van der Waals surface area contributed by atoms with E-state index in [1.807, 2.05) is 0 Å². The molecule has 3 heteroatoms. The molecule has 0 saturated carbocycles. The molecule has 0 radical (unpaired) electrons. The number of aryl methyl sites for hydroxylation is 1. The molecular formula is C11H19NOS. The van der Waals surface area contributed by atoms with Gasteiger partial charge in [0.1, 0.15) is 0 Å². The molecule has 1 atom stereocenters. The average molecular weight is 213 g/mol. The number of methoxy groups -OCH3 is 1. The molecule has 1 unspecified atom stereocenters. The first-order valence-electron chi connectivity index (χ1n) is 4.80. The molecule has 0 fully saturated rings. The van der Waals surface area contributed by atoms with Crippen LogP contribution in [-0.2, 0) is 4.74 Å². The molecule has 0 aliphatic carbocycles. The maximum Gasteiger partial charge on any atom is 0.0640 e. The molecule has 1 aromatic rings. The normalized spacial score (nSPS) is 14.4. The number of hydrogen-bond acceptors (Lipinski definition) is 3. The molecule has 14 heavy (non-hydrogen) atoms. The van der Waals surface area contributed by atoms with Gasteiger partial charge in [0.15, 0.2) is 0 Å². The molecule has 2 nitrogen and oxygen atoms in total. The van der Waals surface area contributed by atoms with Crippen molar-refractivity contribution >= 4 is 11.3 Å². The van der Waals surface area contributed by atoms with Gasteiger partial charge >= 0.3 is 0 Å². The number of rotatable bonds is 4. The second-order valence-corrected chi connectivity index (χ2v) is 5.38. The fraction of sp³-hybridized carbons (Fsp3) is 0.636. The highest BCUT2D eigenvalue weighted by Gasteiger charge is 2.21. The van der Waals surface area contributed by atoms with E-state index in [1.54, 1.807) is 18.4 Å². The van der Waals surface area contributed by atoms with Crippen LogP contribution in [0.25, 0.3) is 0 Å². The van der Waals surface area contributed by atoms with E-state index in [0.29, 0.717) is 0 Å². The number of nitrogens with two attached hydrogens (primary N) is 1. The van der Waals surface area contributed by atoms with Gasteiger partial charge in [0.25, 0.3) is 0 Å². The van der Waals surface area contributed by atoms with Gasteiger partial charge in [-0.25, -0.2) is 0 Å². The van der Waals surface area contributed by atoms with Crippen molar-refractivity contribution in [1.29, 1.82) is 0 Å². The Balaban J connectivity index is 2.63. The van der Waals surface area contributed by atoms with Crippen LogP contribution in [0.2, 0.25) is 0 Å². The summed E-state index contributed by atoms with van der Waals surface area (Å²) in [5.41, 5.74) is 7.17. The molecule has 2 N–H and O–H groups in total. The van der Waals surface area contributed by atoms with Crippen LogP contribution in [0.1, 0.15) is 36.8 Å². The number of hydrogen-bond donors (Lipinski definition) is 1. The highest BCUT2D eigenvalue weighted by molar-refractivity contribution is 7.10. The Morgan fingerprint density at radius 1 is 1.57 bits per heavy atom. The van der Waals surface area contributed by atoms with Gasteiger partial charge in [-0.2, -0.15) is 0 Å². The summed E-state index contributed by atoms with van der Waals surface area (Å²) in [6.45, 7) is 6.22. The largest absolute Gasteiger partial charge is 0.379 e. The summed E-state index contributed by atoms with van der Waals surface area (Å²) in [6.07, 6.45) is 0.847. The van der Waals surface area contributed by atoms with Crippen molar-refractivity contribution < 1.29 is 4.74 Å². The summed E-state index contributed by atoms with van der Waals surface area (Å²) in [4.78, 5) is 1.31. The topological polar surface area (TPSA) is 35.2 Å². The molecule has 80 valence electrons. The van der Waals surface area contributed by atoms with Gasteiger partial charge in [0.2, 0.25) is 0 Å². The fourth-order valence-electron chi connectivity index (χ4n) is 1.39. The van der Waals surface area contributed by atoms with Crippen molar-refractivity contribution in [1.82, 2.24) is 0 Å². The third kappa shape index (κ3) is 3.08. The zero-order valence-electron chi connectivity index (χ0n) is 9.33.